The highest BCUT2D eigenvalue weighted by atomic mass is 32.2. The number of hydrogen-bond donors (Lipinski definition) is 2. The highest BCUT2D eigenvalue weighted by Gasteiger charge is 2.40. The molecule has 1 amide bonds. The Kier molecular flexibility index (Phi) is 4.82. The molecule has 0 bridgehead atoms. The van der Waals surface area contributed by atoms with Crippen LogP contribution in [0.5, 0.6) is 0 Å². The molecular formula is C17H23FN2O2S. The van der Waals surface area contributed by atoms with Gasteiger partial charge in [0.15, 0.2) is 5.60 Å². The van der Waals surface area contributed by atoms with E-state index in [-0.39, 0.29) is 17.8 Å². The van der Waals surface area contributed by atoms with Crippen LogP contribution in [-0.4, -0.2) is 47.3 Å². The van der Waals surface area contributed by atoms with Crippen molar-refractivity contribution in [3.63, 3.8) is 0 Å². The average molecular weight is 338 g/mol. The second-order valence-corrected chi connectivity index (χ2v) is 7.65. The third-order valence-corrected chi connectivity index (χ3v) is 5.80. The monoisotopic (exact) mass is 338 g/mol. The zero-order chi connectivity index (χ0) is 16.4. The Hall–Kier alpha value is -1.27. The lowest BCUT2D eigenvalue weighted by molar-refractivity contribution is -0.138. The fourth-order valence-corrected chi connectivity index (χ4v) is 4.47. The van der Waals surface area contributed by atoms with Crippen LogP contribution in [0.1, 0.15) is 24.8 Å². The summed E-state index contributed by atoms with van der Waals surface area (Å²) in [7, 11) is 0. The number of nitrogens with one attached hydrogen (secondary N) is 1. The van der Waals surface area contributed by atoms with E-state index in [2.05, 4.69) is 5.32 Å². The molecular weight excluding hydrogens is 315 g/mol. The Labute approximate surface area is 140 Å². The number of benzene rings is 1. The SMILES string of the molecule is Cc1ccc(F)c(N2CCCC(NC(=O)C3(O)CCSC3)C2)c1. The molecule has 0 radical (unpaired) electrons. The van der Waals surface area contributed by atoms with Crippen LogP contribution in [0.2, 0.25) is 0 Å². The number of nitrogens with zero attached hydrogens (tertiary/aromatic N) is 1. The number of anilines is 1. The molecule has 0 aliphatic carbocycles. The van der Waals surface area contributed by atoms with E-state index in [1.54, 1.807) is 17.8 Å². The molecule has 2 saturated heterocycles. The maximum absolute atomic E-state index is 14.1. The van der Waals surface area contributed by atoms with Crippen LogP contribution in [0.25, 0.3) is 0 Å². The topological polar surface area (TPSA) is 52.6 Å². The van der Waals surface area contributed by atoms with Crippen LogP contribution in [0.4, 0.5) is 10.1 Å². The second kappa shape index (κ2) is 6.69. The van der Waals surface area contributed by atoms with Gasteiger partial charge in [0.2, 0.25) is 0 Å². The number of aliphatic hydroxyl groups is 1. The van der Waals surface area contributed by atoms with Gasteiger partial charge in [-0.2, -0.15) is 11.8 Å². The second-order valence-electron chi connectivity index (χ2n) is 6.55. The predicted molar refractivity (Wildman–Crippen MR) is 91.4 cm³/mol. The van der Waals surface area contributed by atoms with E-state index in [0.29, 0.717) is 24.4 Å². The van der Waals surface area contributed by atoms with Gasteiger partial charge in [0.05, 0.1) is 5.69 Å². The van der Waals surface area contributed by atoms with Gasteiger partial charge < -0.3 is 15.3 Å². The van der Waals surface area contributed by atoms with E-state index in [9.17, 15) is 14.3 Å². The molecule has 3 rings (SSSR count). The van der Waals surface area contributed by atoms with Gasteiger partial charge in [0, 0.05) is 24.9 Å². The minimum Gasteiger partial charge on any atom is -0.379 e. The predicted octanol–water partition coefficient (Wildman–Crippen LogP) is 2.09. The van der Waals surface area contributed by atoms with Crippen molar-refractivity contribution in [2.45, 2.75) is 37.8 Å². The summed E-state index contributed by atoms with van der Waals surface area (Å²) in [6, 6.07) is 5.05. The number of carbonyl (C=O) groups excluding carboxylic acids is 1. The Morgan fingerprint density at radius 1 is 1.52 bits per heavy atom. The zero-order valence-corrected chi connectivity index (χ0v) is 14.2. The van der Waals surface area contributed by atoms with Crippen molar-refractivity contribution < 1.29 is 14.3 Å². The van der Waals surface area contributed by atoms with Crippen molar-refractivity contribution in [1.29, 1.82) is 0 Å². The maximum Gasteiger partial charge on any atom is 0.253 e. The van der Waals surface area contributed by atoms with Gasteiger partial charge in [-0.05, 0) is 49.6 Å². The Balaban J connectivity index is 1.66. The smallest absolute Gasteiger partial charge is 0.253 e. The normalized spacial score (nSPS) is 28.0. The summed E-state index contributed by atoms with van der Waals surface area (Å²) in [5, 5.41) is 13.3. The largest absolute Gasteiger partial charge is 0.379 e. The maximum atomic E-state index is 14.1. The number of hydrogen-bond acceptors (Lipinski definition) is 4. The highest BCUT2D eigenvalue weighted by Crippen LogP contribution is 2.29. The standard InChI is InChI=1S/C17H23FN2O2S/c1-12-4-5-14(18)15(9-12)20-7-2-3-13(10-20)19-16(21)17(22)6-8-23-11-17/h4-5,9,13,22H,2-3,6-8,10-11H2,1H3,(H,19,21). The molecule has 126 valence electrons. The summed E-state index contributed by atoms with van der Waals surface area (Å²) >= 11 is 1.60. The number of rotatable bonds is 3. The van der Waals surface area contributed by atoms with Crippen molar-refractivity contribution in [3.05, 3.63) is 29.6 Å². The Morgan fingerprint density at radius 2 is 2.35 bits per heavy atom. The van der Waals surface area contributed by atoms with Gasteiger partial charge in [0.1, 0.15) is 5.82 Å². The van der Waals surface area contributed by atoms with Gasteiger partial charge in [-0.1, -0.05) is 6.07 Å². The molecule has 1 aromatic rings. The fourth-order valence-electron chi connectivity index (χ4n) is 3.23. The highest BCUT2D eigenvalue weighted by molar-refractivity contribution is 7.99. The molecule has 2 fully saturated rings. The first-order valence-electron chi connectivity index (χ1n) is 8.10. The van der Waals surface area contributed by atoms with Crippen molar-refractivity contribution in [1.82, 2.24) is 5.32 Å². The van der Waals surface area contributed by atoms with Crippen LogP contribution in [-0.2, 0) is 4.79 Å². The van der Waals surface area contributed by atoms with Gasteiger partial charge in [-0.15, -0.1) is 0 Å². The average Bonchev–Trinajstić information content (AvgIpc) is 2.98. The lowest BCUT2D eigenvalue weighted by Crippen LogP contribution is -2.55. The lowest BCUT2D eigenvalue weighted by atomic mass is 9.99. The molecule has 2 aliphatic heterocycles. The first-order valence-corrected chi connectivity index (χ1v) is 9.26. The van der Waals surface area contributed by atoms with Crippen molar-refractivity contribution in [3.8, 4) is 0 Å². The summed E-state index contributed by atoms with van der Waals surface area (Å²) in [5.41, 5.74) is 0.380. The molecule has 2 N–H and O–H groups in total. The van der Waals surface area contributed by atoms with Gasteiger partial charge in [-0.25, -0.2) is 4.39 Å². The number of carbonyl (C=O) groups is 1. The van der Waals surface area contributed by atoms with Gasteiger partial charge in [0.25, 0.3) is 5.91 Å². The van der Waals surface area contributed by atoms with Crippen molar-refractivity contribution in [2.24, 2.45) is 0 Å². The minimum atomic E-state index is -1.23. The molecule has 0 saturated carbocycles. The molecule has 2 unspecified atom stereocenters. The molecule has 2 atom stereocenters. The van der Waals surface area contributed by atoms with E-state index in [1.165, 1.54) is 6.07 Å². The van der Waals surface area contributed by atoms with Crippen LogP contribution in [0, 0.1) is 12.7 Å². The first kappa shape index (κ1) is 16.6. The molecule has 4 nitrogen and oxygen atoms in total. The summed E-state index contributed by atoms with van der Waals surface area (Å²) in [6.07, 6.45) is 2.26. The first-order chi connectivity index (χ1) is 11.0. The molecule has 6 heteroatoms. The number of thioether (sulfide) groups is 1. The van der Waals surface area contributed by atoms with E-state index in [1.807, 2.05) is 17.9 Å². The van der Waals surface area contributed by atoms with E-state index >= 15 is 0 Å². The number of aryl methyl sites for hydroxylation is 1. The Bertz CT molecular complexity index is 590. The van der Waals surface area contributed by atoms with Crippen LogP contribution in [0.15, 0.2) is 18.2 Å². The minimum absolute atomic E-state index is 0.0502. The van der Waals surface area contributed by atoms with Crippen LogP contribution < -0.4 is 10.2 Å². The molecule has 2 heterocycles. The summed E-state index contributed by atoms with van der Waals surface area (Å²) in [4.78, 5) is 14.3. The van der Waals surface area contributed by atoms with E-state index < -0.39 is 5.60 Å². The number of piperidine rings is 1. The van der Waals surface area contributed by atoms with E-state index in [4.69, 9.17) is 0 Å². The van der Waals surface area contributed by atoms with Crippen LogP contribution >= 0.6 is 11.8 Å². The molecule has 0 aromatic heterocycles. The molecule has 1 aromatic carbocycles. The summed E-state index contributed by atoms with van der Waals surface area (Å²) < 4.78 is 14.1. The third kappa shape index (κ3) is 3.63. The summed E-state index contributed by atoms with van der Waals surface area (Å²) in [6.45, 7) is 3.31. The molecule has 23 heavy (non-hydrogen) atoms. The quantitative estimate of drug-likeness (QED) is 0.886. The van der Waals surface area contributed by atoms with Crippen molar-refractivity contribution in [2.75, 3.05) is 29.5 Å². The number of halogens is 1. The van der Waals surface area contributed by atoms with E-state index in [0.717, 1.165) is 30.7 Å². The van der Waals surface area contributed by atoms with Gasteiger partial charge in [-0.3, -0.25) is 4.79 Å². The molecule has 0 spiro atoms. The third-order valence-electron chi connectivity index (χ3n) is 4.62. The van der Waals surface area contributed by atoms with Crippen molar-refractivity contribution >= 4 is 23.4 Å². The summed E-state index contributed by atoms with van der Waals surface area (Å²) in [5.74, 6) is 0.768. The van der Waals surface area contributed by atoms with Gasteiger partial charge >= 0.3 is 0 Å². The lowest BCUT2D eigenvalue weighted by Gasteiger charge is -2.36. The Morgan fingerprint density at radius 3 is 3.09 bits per heavy atom. The van der Waals surface area contributed by atoms with Crippen LogP contribution in [0.3, 0.4) is 0 Å². The number of amides is 1. The zero-order valence-electron chi connectivity index (χ0n) is 13.3. The molecule has 2 aliphatic rings. The fraction of sp³-hybridized carbons (Fsp3) is 0.588.